The Kier molecular flexibility index (Phi) is 3.89. The third kappa shape index (κ3) is 2.78. The molecule has 3 N–H and O–H groups in total. The molecule has 0 atom stereocenters. The molecular weight excluding hydrogens is 334 g/mol. The number of nitrogens with one attached hydrogen (secondary N) is 1. The summed E-state index contributed by atoms with van der Waals surface area (Å²) in [7, 11) is 0. The number of nitrogens with two attached hydrogens (primary N) is 1. The molecule has 3 aromatic rings. The molecule has 0 saturated carbocycles. The van der Waals surface area contributed by atoms with E-state index in [-0.39, 0.29) is 0 Å². The standard InChI is InChI=1S/C15H14BrN3S/c16-14-4-2-11(20-14)5-8-19-13-3-1-10-9-18-7-6-12(10)15(13)17/h1-4,6-7,9,19H,5,8,17H2. The van der Waals surface area contributed by atoms with E-state index in [0.29, 0.717) is 0 Å². The second-order valence-electron chi connectivity index (χ2n) is 4.51. The van der Waals surface area contributed by atoms with Crippen LogP contribution >= 0.6 is 27.3 Å². The zero-order chi connectivity index (χ0) is 13.9. The summed E-state index contributed by atoms with van der Waals surface area (Å²) in [6, 6.07) is 10.2. The number of thiophene rings is 1. The Morgan fingerprint density at radius 2 is 2.10 bits per heavy atom. The summed E-state index contributed by atoms with van der Waals surface area (Å²) in [4.78, 5) is 5.46. The van der Waals surface area contributed by atoms with Crippen LogP contribution in [0.25, 0.3) is 10.8 Å². The Balaban J connectivity index is 1.73. The van der Waals surface area contributed by atoms with E-state index in [1.54, 1.807) is 17.5 Å². The van der Waals surface area contributed by atoms with Gasteiger partial charge in [0.2, 0.25) is 0 Å². The van der Waals surface area contributed by atoms with Crippen LogP contribution in [0.1, 0.15) is 4.88 Å². The quantitative estimate of drug-likeness (QED) is 0.692. The molecule has 0 spiro atoms. The SMILES string of the molecule is Nc1c(NCCc2ccc(Br)s2)ccc2cnccc12. The van der Waals surface area contributed by atoms with Crippen LogP contribution in [-0.2, 0) is 6.42 Å². The predicted octanol–water partition coefficient (Wildman–Crippen LogP) is 4.30. The first-order valence-electron chi connectivity index (χ1n) is 6.34. The van der Waals surface area contributed by atoms with Crippen LogP contribution in [0.15, 0.2) is 46.5 Å². The average molecular weight is 348 g/mol. The summed E-state index contributed by atoms with van der Waals surface area (Å²) in [5.74, 6) is 0. The predicted molar refractivity (Wildman–Crippen MR) is 90.4 cm³/mol. The lowest BCUT2D eigenvalue weighted by atomic mass is 10.1. The first-order chi connectivity index (χ1) is 9.74. The lowest BCUT2D eigenvalue weighted by molar-refractivity contribution is 1.05. The second kappa shape index (κ2) is 5.81. The van der Waals surface area contributed by atoms with Crippen LogP contribution in [0.5, 0.6) is 0 Å². The van der Waals surface area contributed by atoms with Crippen molar-refractivity contribution in [3.63, 3.8) is 0 Å². The maximum Gasteiger partial charge on any atom is 0.0701 e. The van der Waals surface area contributed by atoms with Crippen molar-refractivity contribution in [1.29, 1.82) is 0 Å². The number of aromatic nitrogens is 1. The highest BCUT2D eigenvalue weighted by molar-refractivity contribution is 9.11. The number of rotatable bonds is 4. The minimum Gasteiger partial charge on any atom is -0.397 e. The van der Waals surface area contributed by atoms with Crippen molar-refractivity contribution in [3.8, 4) is 0 Å². The van der Waals surface area contributed by atoms with E-state index in [0.717, 1.165) is 35.1 Å². The lowest BCUT2D eigenvalue weighted by Gasteiger charge is -2.11. The highest BCUT2D eigenvalue weighted by Gasteiger charge is 2.04. The second-order valence-corrected chi connectivity index (χ2v) is 7.05. The number of benzene rings is 1. The van der Waals surface area contributed by atoms with Crippen molar-refractivity contribution in [2.75, 3.05) is 17.6 Å². The molecule has 0 aliphatic carbocycles. The molecule has 0 aliphatic rings. The highest BCUT2D eigenvalue weighted by Crippen LogP contribution is 2.28. The lowest BCUT2D eigenvalue weighted by Crippen LogP contribution is -2.06. The maximum atomic E-state index is 6.21. The van der Waals surface area contributed by atoms with Crippen molar-refractivity contribution in [2.45, 2.75) is 6.42 Å². The molecule has 20 heavy (non-hydrogen) atoms. The van der Waals surface area contributed by atoms with Crippen molar-refractivity contribution < 1.29 is 0 Å². The first-order valence-corrected chi connectivity index (χ1v) is 7.95. The monoisotopic (exact) mass is 347 g/mol. The van der Waals surface area contributed by atoms with Crippen LogP contribution in [0.4, 0.5) is 11.4 Å². The molecule has 2 heterocycles. The van der Waals surface area contributed by atoms with Crippen molar-refractivity contribution in [1.82, 2.24) is 4.98 Å². The van der Waals surface area contributed by atoms with Gasteiger partial charge in [-0.05, 0) is 46.6 Å². The fourth-order valence-corrected chi connectivity index (χ4v) is 3.64. The molecule has 0 unspecified atom stereocenters. The van der Waals surface area contributed by atoms with E-state index in [9.17, 15) is 0 Å². The summed E-state index contributed by atoms with van der Waals surface area (Å²) in [6.45, 7) is 0.869. The minimum absolute atomic E-state index is 0.789. The van der Waals surface area contributed by atoms with E-state index in [1.165, 1.54) is 8.66 Å². The molecule has 3 rings (SSSR count). The summed E-state index contributed by atoms with van der Waals surface area (Å²) < 4.78 is 1.17. The third-order valence-corrected chi connectivity index (χ3v) is 4.86. The Bertz CT molecular complexity index is 739. The van der Waals surface area contributed by atoms with Crippen molar-refractivity contribution >= 4 is 49.4 Å². The van der Waals surface area contributed by atoms with E-state index in [4.69, 9.17) is 5.73 Å². The van der Waals surface area contributed by atoms with Gasteiger partial charge in [0.1, 0.15) is 0 Å². The van der Waals surface area contributed by atoms with Crippen LogP contribution in [-0.4, -0.2) is 11.5 Å². The molecule has 102 valence electrons. The summed E-state index contributed by atoms with van der Waals surface area (Å²) in [5.41, 5.74) is 7.98. The number of nitrogen functional groups attached to an aromatic ring is 1. The maximum absolute atomic E-state index is 6.21. The van der Waals surface area contributed by atoms with Gasteiger partial charge < -0.3 is 11.1 Å². The molecule has 0 saturated heterocycles. The number of nitrogens with zero attached hydrogens (tertiary/aromatic N) is 1. The van der Waals surface area contributed by atoms with Gasteiger partial charge >= 0.3 is 0 Å². The molecule has 0 radical (unpaired) electrons. The number of halogens is 1. The molecule has 0 amide bonds. The Hall–Kier alpha value is -1.59. The third-order valence-electron chi connectivity index (χ3n) is 3.18. The van der Waals surface area contributed by atoms with Gasteiger partial charge in [-0.25, -0.2) is 0 Å². The van der Waals surface area contributed by atoms with Gasteiger partial charge in [-0.15, -0.1) is 11.3 Å². The van der Waals surface area contributed by atoms with Gasteiger partial charge in [-0.1, -0.05) is 6.07 Å². The molecular formula is C15H14BrN3S. The van der Waals surface area contributed by atoms with Crippen LogP contribution in [0.2, 0.25) is 0 Å². The number of hydrogen-bond acceptors (Lipinski definition) is 4. The summed E-state index contributed by atoms with van der Waals surface area (Å²) in [6.07, 6.45) is 4.59. The van der Waals surface area contributed by atoms with Crippen LogP contribution < -0.4 is 11.1 Å². The number of hydrogen-bond donors (Lipinski definition) is 2. The largest absolute Gasteiger partial charge is 0.397 e. The van der Waals surface area contributed by atoms with Gasteiger partial charge in [-0.2, -0.15) is 0 Å². The fraction of sp³-hybridized carbons (Fsp3) is 0.133. The topological polar surface area (TPSA) is 50.9 Å². The van der Waals surface area contributed by atoms with Gasteiger partial charge in [0, 0.05) is 34.6 Å². The zero-order valence-corrected chi connectivity index (χ0v) is 13.2. The Morgan fingerprint density at radius 1 is 1.20 bits per heavy atom. The van der Waals surface area contributed by atoms with Crippen molar-refractivity contribution in [3.05, 3.63) is 51.4 Å². The normalized spacial score (nSPS) is 10.8. The average Bonchev–Trinajstić information content (AvgIpc) is 2.87. The first kappa shape index (κ1) is 13.4. The molecule has 3 nitrogen and oxygen atoms in total. The van der Waals surface area contributed by atoms with E-state index < -0.39 is 0 Å². The smallest absolute Gasteiger partial charge is 0.0701 e. The number of fused-ring (bicyclic) bond motifs is 1. The van der Waals surface area contributed by atoms with Crippen LogP contribution in [0.3, 0.4) is 0 Å². The Morgan fingerprint density at radius 3 is 2.90 bits per heavy atom. The highest BCUT2D eigenvalue weighted by atomic mass is 79.9. The zero-order valence-electron chi connectivity index (χ0n) is 10.8. The molecule has 2 aromatic heterocycles. The molecule has 0 bridgehead atoms. The molecule has 1 aromatic carbocycles. The molecule has 5 heteroatoms. The minimum atomic E-state index is 0.789. The molecule has 0 aliphatic heterocycles. The van der Waals surface area contributed by atoms with Crippen molar-refractivity contribution in [2.24, 2.45) is 0 Å². The Labute approximate surface area is 130 Å². The van der Waals surface area contributed by atoms with E-state index in [1.807, 2.05) is 24.4 Å². The summed E-state index contributed by atoms with van der Waals surface area (Å²) in [5, 5.41) is 5.52. The van der Waals surface area contributed by atoms with Gasteiger partial charge in [0.05, 0.1) is 15.2 Å². The fourth-order valence-electron chi connectivity index (χ4n) is 2.15. The number of anilines is 2. The molecule has 0 fully saturated rings. The van der Waals surface area contributed by atoms with Gasteiger partial charge in [0.25, 0.3) is 0 Å². The van der Waals surface area contributed by atoms with E-state index in [2.05, 4.69) is 38.4 Å². The summed E-state index contributed by atoms with van der Waals surface area (Å²) >= 11 is 5.25. The van der Waals surface area contributed by atoms with Gasteiger partial charge in [-0.3, -0.25) is 4.98 Å². The number of pyridine rings is 1. The van der Waals surface area contributed by atoms with Crippen LogP contribution in [0, 0.1) is 0 Å². The van der Waals surface area contributed by atoms with Gasteiger partial charge in [0.15, 0.2) is 0 Å². The van der Waals surface area contributed by atoms with E-state index >= 15 is 0 Å².